The summed E-state index contributed by atoms with van der Waals surface area (Å²) in [7, 11) is 1.82. The fraction of sp³-hybridized carbons (Fsp3) is 0.125. The van der Waals surface area contributed by atoms with Crippen LogP contribution in [0.3, 0.4) is 0 Å². The third-order valence-electron chi connectivity index (χ3n) is 3.41. The van der Waals surface area contributed by atoms with E-state index in [9.17, 15) is 4.79 Å². The molecule has 2 heterocycles. The molecule has 0 aliphatic rings. The molecule has 0 aliphatic heterocycles. The number of aryl methyl sites for hydroxylation is 1. The average molecular weight is 312 g/mol. The molecule has 2 aromatic heterocycles. The minimum absolute atomic E-state index is 0.216. The smallest absolute Gasteiger partial charge is 0.267 e. The lowest BCUT2D eigenvalue weighted by Crippen LogP contribution is -2.11. The highest BCUT2D eigenvalue weighted by Gasteiger charge is 2.19. The number of pyridine rings is 1. The van der Waals surface area contributed by atoms with Crippen molar-refractivity contribution in [2.45, 2.75) is 6.92 Å². The maximum Gasteiger partial charge on any atom is 0.267 e. The quantitative estimate of drug-likeness (QED) is 0.691. The van der Waals surface area contributed by atoms with Crippen LogP contribution in [0.5, 0.6) is 0 Å². The summed E-state index contributed by atoms with van der Waals surface area (Å²) >= 11 is 1.30. The van der Waals surface area contributed by atoms with Crippen molar-refractivity contribution in [3.63, 3.8) is 0 Å². The standard InChI is InChI=1S/C16H16N4OS/c1-9-3-5-10(6-4-9)20-15(21)14-13(17)12-11(18-2)7-8-19-16(12)22-14/h3-8H,17H2,1-2H3,(H,18,19)(H,20,21). The number of amides is 1. The molecule has 5 nitrogen and oxygen atoms in total. The number of hydrogen-bond donors (Lipinski definition) is 3. The normalized spacial score (nSPS) is 10.6. The number of carbonyl (C=O) groups excluding carboxylic acids is 1. The van der Waals surface area contributed by atoms with Crippen molar-refractivity contribution < 1.29 is 4.79 Å². The van der Waals surface area contributed by atoms with Crippen molar-refractivity contribution >= 4 is 44.5 Å². The summed E-state index contributed by atoms with van der Waals surface area (Å²) < 4.78 is 0. The highest BCUT2D eigenvalue weighted by molar-refractivity contribution is 7.21. The second-order valence-corrected chi connectivity index (χ2v) is 5.95. The minimum Gasteiger partial charge on any atom is -0.397 e. The van der Waals surface area contributed by atoms with Gasteiger partial charge in [-0.1, -0.05) is 17.7 Å². The summed E-state index contributed by atoms with van der Waals surface area (Å²) in [4.78, 5) is 18.0. The number of nitrogens with two attached hydrogens (primary N) is 1. The molecule has 4 N–H and O–H groups in total. The van der Waals surface area contributed by atoms with Crippen LogP contribution in [0.25, 0.3) is 10.2 Å². The van der Waals surface area contributed by atoms with Gasteiger partial charge >= 0.3 is 0 Å². The molecule has 0 unspecified atom stereocenters. The Balaban J connectivity index is 1.97. The van der Waals surface area contributed by atoms with Crippen molar-refractivity contribution in [3.8, 4) is 0 Å². The Hall–Kier alpha value is -2.60. The van der Waals surface area contributed by atoms with E-state index in [4.69, 9.17) is 5.73 Å². The van der Waals surface area contributed by atoms with Gasteiger partial charge in [0.15, 0.2) is 0 Å². The maximum atomic E-state index is 12.5. The van der Waals surface area contributed by atoms with Crippen LogP contribution >= 0.6 is 11.3 Å². The fourth-order valence-corrected chi connectivity index (χ4v) is 3.23. The van der Waals surface area contributed by atoms with Crippen LogP contribution in [0.1, 0.15) is 15.2 Å². The van der Waals surface area contributed by atoms with E-state index in [1.54, 1.807) is 6.20 Å². The zero-order chi connectivity index (χ0) is 15.7. The number of nitrogens with one attached hydrogen (secondary N) is 2. The predicted molar refractivity (Wildman–Crippen MR) is 92.7 cm³/mol. The van der Waals surface area contributed by atoms with Crippen molar-refractivity contribution in [2.24, 2.45) is 0 Å². The third-order valence-corrected chi connectivity index (χ3v) is 4.53. The minimum atomic E-state index is -0.216. The van der Waals surface area contributed by atoms with Crippen molar-refractivity contribution in [2.75, 3.05) is 23.4 Å². The van der Waals surface area contributed by atoms with Gasteiger partial charge in [-0.15, -0.1) is 11.3 Å². The van der Waals surface area contributed by atoms with Crippen LogP contribution < -0.4 is 16.4 Å². The zero-order valence-corrected chi connectivity index (χ0v) is 13.1. The first-order chi connectivity index (χ1) is 10.6. The molecule has 0 saturated carbocycles. The number of anilines is 3. The van der Waals surface area contributed by atoms with Gasteiger partial charge in [-0.3, -0.25) is 4.79 Å². The van der Waals surface area contributed by atoms with Gasteiger partial charge in [0.2, 0.25) is 0 Å². The molecule has 3 rings (SSSR count). The Morgan fingerprint density at radius 3 is 2.64 bits per heavy atom. The lowest BCUT2D eigenvalue weighted by atomic mass is 10.2. The van der Waals surface area contributed by atoms with E-state index in [1.165, 1.54) is 11.3 Å². The molecule has 3 aromatic rings. The fourth-order valence-electron chi connectivity index (χ4n) is 2.25. The number of benzene rings is 1. The zero-order valence-electron chi connectivity index (χ0n) is 12.3. The maximum absolute atomic E-state index is 12.5. The number of carbonyl (C=O) groups is 1. The Kier molecular flexibility index (Phi) is 3.68. The van der Waals surface area contributed by atoms with Gasteiger partial charge in [-0.05, 0) is 25.1 Å². The molecule has 0 aliphatic carbocycles. The summed E-state index contributed by atoms with van der Waals surface area (Å²) in [5.74, 6) is -0.216. The highest BCUT2D eigenvalue weighted by Crippen LogP contribution is 2.37. The van der Waals surface area contributed by atoms with Crippen LogP contribution in [0.2, 0.25) is 0 Å². The number of nitrogen functional groups attached to an aromatic ring is 1. The SMILES string of the molecule is CNc1ccnc2sc(C(=O)Nc3ccc(C)cc3)c(N)c12. The molecular weight excluding hydrogens is 296 g/mol. The van der Waals surface area contributed by atoms with Gasteiger partial charge in [0, 0.05) is 24.6 Å². The Morgan fingerprint density at radius 1 is 1.23 bits per heavy atom. The molecule has 0 radical (unpaired) electrons. The molecule has 0 bridgehead atoms. The second-order valence-electron chi connectivity index (χ2n) is 4.95. The van der Waals surface area contributed by atoms with Crippen LogP contribution in [0, 0.1) is 6.92 Å². The van der Waals surface area contributed by atoms with Crippen LogP contribution in [0.4, 0.5) is 17.1 Å². The first-order valence-corrected chi connectivity index (χ1v) is 7.64. The number of rotatable bonds is 3. The van der Waals surface area contributed by atoms with Gasteiger partial charge in [0.05, 0.1) is 11.1 Å². The van der Waals surface area contributed by atoms with Crippen molar-refractivity contribution in [1.29, 1.82) is 0 Å². The molecule has 1 amide bonds. The number of nitrogens with zero attached hydrogens (tertiary/aromatic N) is 1. The highest BCUT2D eigenvalue weighted by atomic mass is 32.1. The summed E-state index contributed by atoms with van der Waals surface area (Å²) in [5, 5.41) is 6.74. The monoisotopic (exact) mass is 312 g/mol. The largest absolute Gasteiger partial charge is 0.397 e. The summed E-state index contributed by atoms with van der Waals surface area (Å²) in [6.07, 6.45) is 1.70. The van der Waals surface area contributed by atoms with E-state index in [0.717, 1.165) is 27.2 Å². The lowest BCUT2D eigenvalue weighted by Gasteiger charge is -2.05. The first kappa shape index (κ1) is 14.3. The number of thiophene rings is 1. The summed E-state index contributed by atoms with van der Waals surface area (Å²) in [5.41, 5.74) is 9.38. The number of aromatic nitrogens is 1. The van der Waals surface area contributed by atoms with Crippen LogP contribution in [-0.2, 0) is 0 Å². The molecule has 112 valence electrons. The van der Waals surface area contributed by atoms with Gasteiger partial charge in [-0.25, -0.2) is 4.98 Å². The van der Waals surface area contributed by atoms with Crippen molar-refractivity contribution in [3.05, 3.63) is 47.0 Å². The average Bonchev–Trinajstić information content (AvgIpc) is 2.87. The lowest BCUT2D eigenvalue weighted by molar-refractivity contribution is 0.103. The number of hydrogen-bond acceptors (Lipinski definition) is 5. The van der Waals surface area contributed by atoms with Gasteiger partial charge in [0.25, 0.3) is 5.91 Å². The van der Waals surface area contributed by atoms with E-state index < -0.39 is 0 Å². The molecule has 0 spiro atoms. The third kappa shape index (κ3) is 2.48. The van der Waals surface area contributed by atoms with E-state index in [-0.39, 0.29) is 5.91 Å². The summed E-state index contributed by atoms with van der Waals surface area (Å²) in [6.45, 7) is 2.00. The van der Waals surface area contributed by atoms with Gasteiger partial charge in [-0.2, -0.15) is 0 Å². The molecule has 6 heteroatoms. The van der Waals surface area contributed by atoms with Crippen LogP contribution in [-0.4, -0.2) is 17.9 Å². The number of fused-ring (bicyclic) bond motifs is 1. The van der Waals surface area contributed by atoms with Crippen molar-refractivity contribution in [1.82, 2.24) is 4.98 Å². The molecule has 22 heavy (non-hydrogen) atoms. The van der Waals surface area contributed by atoms with Gasteiger partial charge in [0.1, 0.15) is 9.71 Å². The van der Waals surface area contributed by atoms with Gasteiger partial charge < -0.3 is 16.4 Å². The topological polar surface area (TPSA) is 80.0 Å². The molecule has 1 aromatic carbocycles. The molecule has 0 fully saturated rings. The second kappa shape index (κ2) is 5.65. The summed E-state index contributed by atoms with van der Waals surface area (Å²) in [6, 6.07) is 9.48. The first-order valence-electron chi connectivity index (χ1n) is 6.83. The van der Waals surface area contributed by atoms with E-state index >= 15 is 0 Å². The predicted octanol–water partition coefficient (Wildman–Crippen LogP) is 3.48. The van der Waals surface area contributed by atoms with Crippen LogP contribution in [0.15, 0.2) is 36.5 Å². The molecular formula is C16H16N4OS. The molecule has 0 atom stereocenters. The Labute approximate surface area is 132 Å². The molecule has 0 saturated heterocycles. The van der Waals surface area contributed by atoms with E-state index in [1.807, 2.05) is 44.3 Å². The Morgan fingerprint density at radius 2 is 1.95 bits per heavy atom. The van der Waals surface area contributed by atoms with E-state index in [2.05, 4.69) is 15.6 Å². The van der Waals surface area contributed by atoms with E-state index in [0.29, 0.717) is 10.6 Å². The Bertz CT molecular complexity index is 839.